The maximum atomic E-state index is 11.2. The molecule has 0 aromatic heterocycles. The second-order valence-electron chi connectivity index (χ2n) is 3.78. The van der Waals surface area contributed by atoms with E-state index < -0.39 is 0 Å². The molecule has 1 unspecified atom stereocenters. The number of aliphatic hydroxyl groups excluding tert-OH is 1. The Morgan fingerprint density at radius 2 is 2.31 bits per heavy atom. The van der Waals surface area contributed by atoms with Crippen molar-refractivity contribution in [2.24, 2.45) is 0 Å². The van der Waals surface area contributed by atoms with E-state index in [2.05, 4.69) is 4.90 Å². The van der Waals surface area contributed by atoms with Crippen LogP contribution in [0.4, 0.5) is 0 Å². The van der Waals surface area contributed by atoms with Crippen molar-refractivity contribution >= 4 is 5.91 Å². The molecular formula is C9H18N2O2. The molecule has 0 aromatic carbocycles. The van der Waals surface area contributed by atoms with Crippen molar-refractivity contribution in [3.05, 3.63) is 0 Å². The van der Waals surface area contributed by atoms with E-state index in [1.807, 2.05) is 0 Å². The molecule has 1 amide bonds. The van der Waals surface area contributed by atoms with Gasteiger partial charge in [-0.3, -0.25) is 4.79 Å². The number of likely N-dealkylation sites (tertiary alicyclic amines) is 1. The van der Waals surface area contributed by atoms with Gasteiger partial charge in [-0.2, -0.15) is 0 Å². The predicted octanol–water partition coefficient (Wildman–Crippen LogP) is -0.469. The number of aliphatic hydroxyl groups is 1. The summed E-state index contributed by atoms with van der Waals surface area (Å²) in [6.07, 6.45) is 1.21. The zero-order valence-electron chi connectivity index (χ0n) is 8.36. The second kappa shape index (κ2) is 4.58. The van der Waals surface area contributed by atoms with E-state index in [4.69, 9.17) is 0 Å². The lowest BCUT2D eigenvalue weighted by atomic mass is 10.3. The van der Waals surface area contributed by atoms with Crippen LogP contribution in [0.1, 0.15) is 12.8 Å². The van der Waals surface area contributed by atoms with Gasteiger partial charge < -0.3 is 14.9 Å². The fourth-order valence-electron chi connectivity index (χ4n) is 1.49. The van der Waals surface area contributed by atoms with Crippen LogP contribution in [-0.2, 0) is 4.79 Å². The monoisotopic (exact) mass is 186 g/mol. The molecule has 0 radical (unpaired) electrons. The maximum absolute atomic E-state index is 11.2. The molecule has 13 heavy (non-hydrogen) atoms. The molecule has 1 saturated heterocycles. The highest BCUT2D eigenvalue weighted by atomic mass is 16.3. The first-order chi connectivity index (χ1) is 6.09. The van der Waals surface area contributed by atoms with Gasteiger partial charge in [0, 0.05) is 40.2 Å². The maximum Gasteiger partial charge on any atom is 0.223 e. The van der Waals surface area contributed by atoms with Gasteiger partial charge in [0.2, 0.25) is 5.91 Å². The number of rotatable bonds is 3. The molecule has 1 fully saturated rings. The molecule has 4 heteroatoms. The smallest absolute Gasteiger partial charge is 0.223 e. The number of amides is 1. The quantitative estimate of drug-likeness (QED) is 0.648. The molecule has 1 heterocycles. The molecule has 1 aliphatic heterocycles. The van der Waals surface area contributed by atoms with Gasteiger partial charge in [0.25, 0.3) is 0 Å². The molecule has 0 saturated carbocycles. The van der Waals surface area contributed by atoms with E-state index in [0.29, 0.717) is 6.42 Å². The molecule has 1 rings (SSSR count). The summed E-state index contributed by atoms with van der Waals surface area (Å²) in [7, 11) is 3.53. The average molecular weight is 186 g/mol. The van der Waals surface area contributed by atoms with E-state index in [0.717, 1.165) is 26.1 Å². The summed E-state index contributed by atoms with van der Waals surface area (Å²) >= 11 is 0. The van der Waals surface area contributed by atoms with Crippen molar-refractivity contribution in [1.29, 1.82) is 0 Å². The lowest BCUT2D eigenvalue weighted by molar-refractivity contribution is -0.129. The van der Waals surface area contributed by atoms with Crippen molar-refractivity contribution in [3.8, 4) is 0 Å². The van der Waals surface area contributed by atoms with Crippen LogP contribution in [0.25, 0.3) is 0 Å². The summed E-state index contributed by atoms with van der Waals surface area (Å²) in [5.74, 6) is 0.154. The fourth-order valence-corrected chi connectivity index (χ4v) is 1.49. The Hall–Kier alpha value is -0.610. The van der Waals surface area contributed by atoms with Gasteiger partial charge in [0.1, 0.15) is 0 Å². The van der Waals surface area contributed by atoms with Crippen LogP contribution in [0, 0.1) is 0 Å². The summed E-state index contributed by atoms with van der Waals surface area (Å²) in [4.78, 5) is 15.0. The molecule has 0 bridgehead atoms. The topological polar surface area (TPSA) is 43.8 Å². The van der Waals surface area contributed by atoms with Gasteiger partial charge in [-0.1, -0.05) is 0 Å². The zero-order chi connectivity index (χ0) is 9.84. The molecule has 1 aliphatic rings. The Morgan fingerprint density at radius 3 is 2.77 bits per heavy atom. The lowest BCUT2D eigenvalue weighted by Gasteiger charge is -2.16. The number of β-amino-alcohol motifs (C(OH)–C–C–N with tert-alkyl or cyclic N) is 1. The average Bonchev–Trinajstić information content (AvgIpc) is 2.47. The number of hydrogen-bond donors (Lipinski definition) is 1. The van der Waals surface area contributed by atoms with Crippen LogP contribution in [-0.4, -0.2) is 60.6 Å². The second-order valence-corrected chi connectivity index (χ2v) is 3.78. The Labute approximate surface area is 79.1 Å². The Bertz CT molecular complexity index is 182. The standard InChI is InChI=1S/C9H18N2O2/c1-10(2)9(13)4-6-11-5-3-8(12)7-11/h8,12H,3-7H2,1-2H3. The Morgan fingerprint density at radius 1 is 1.62 bits per heavy atom. The van der Waals surface area contributed by atoms with Crippen molar-refractivity contribution in [3.63, 3.8) is 0 Å². The molecule has 0 aliphatic carbocycles. The first kappa shape index (κ1) is 10.5. The minimum absolute atomic E-state index is 0.154. The third kappa shape index (κ3) is 3.32. The summed E-state index contributed by atoms with van der Waals surface area (Å²) in [6, 6.07) is 0. The van der Waals surface area contributed by atoms with Crippen LogP contribution in [0.15, 0.2) is 0 Å². The van der Waals surface area contributed by atoms with Crippen LogP contribution in [0.5, 0.6) is 0 Å². The van der Waals surface area contributed by atoms with E-state index in [-0.39, 0.29) is 12.0 Å². The van der Waals surface area contributed by atoms with Gasteiger partial charge in [0.05, 0.1) is 6.10 Å². The molecule has 0 aromatic rings. The van der Waals surface area contributed by atoms with Crippen LogP contribution < -0.4 is 0 Å². The van der Waals surface area contributed by atoms with Gasteiger partial charge in [-0.25, -0.2) is 0 Å². The molecule has 4 nitrogen and oxygen atoms in total. The van der Waals surface area contributed by atoms with Gasteiger partial charge in [0.15, 0.2) is 0 Å². The van der Waals surface area contributed by atoms with E-state index in [1.54, 1.807) is 19.0 Å². The summed E-state index contributed by atoms with van der Waals surface area (Å²) in [5.41, 5.74) is 0. The fraction of sp³-hybridized carbons (Fsp3) is 0.889. The predicted molar refractivity (Wildman–Crippen MR) is 50.4 cm³/mol. The van der Waals surface area contributed by atoms with Crippen molar-refractivity contribution in [2.45, 2.75) is 18.9 Å². The normalized spacial score (nSPS) is 23.5. The number of carbonyl (C=O) groups is 1. The van der Waals surface area contributed by atoms with Crippen LogP contribution >= 0.6 is 0 Å². The van der Waals surface area contributed by atoms with Crippen molar-refractivity contribution in [1.82, 2.24) is 9.80 Å². The summed E-state index contributed by atoms with van der Waals surface area (Å²) in [5, 5.41) is 9.24. The third-order valence-corrected chi connectivity index (χ3v) is 2.39. The summed E-state index contributed by atoms with van der Waals surface area (Å²) in [6.45, 7) is 2.41. The van der Waals surface area contributed by atoms with Gasteiger partial charge >= 0.3 is 0 Å². The molecule has 1 N–H and O–H groups in total. The Kier molecular flexibility index (Phi) is 3.69. The molecule has 1 atom stereocenters. The SMILES string of the molecule is CN(C)C(=O)CCN1CCC(O)C1. The molecule has 0 spiro atoms. The number of hydrogen-bond acceptors (Lipinski definition) is 3. The van der Waals surface area contributed by atoms with Crippen molar-refractivity contribution in [2.75, 3.05) is 33.7 Å². The molecular weight excluding hydrogens is 168 g/mol. The minimum Gasteiger partial charge on any atom is -0.392 e. The highest BCUT2D eigenvalue weighted by molar-refractivity contribution is 5.75. The summed E-state index contributed by atoms with van der Waals surface area (Å²) < 4.78 is 0. The van der Waals surface area contributed by atoms with E-state index in [1.165, 1.54) is 0 Å². The third-order valence-electron chi connectivity index (χ3n) is 2.39. The lowest BCUT2D eigenvalue weighted by Crippen LogP contribution is -2.29. The van der Waals surface area contributed by atoms with E-state index >= 15 is 0 Å². The highest BCUT2D eigenvalue weighted by Crippen LogP contribution is 2.08. The van der Waals surface area contributed by atoms with Crippen molar-refractivity contribution < 1.29 is 9.90 Å². The first-order valence-electron chi connectivity index (χ1n) is 4.70. The number of nitrogens with zero attached hydrogens (tertiary/aromatic N) is 2. The van der Waals surface area contributed by atoms with Gasteiger partial charge in [-0.05, 0) is 6.42 Å². The minimum atomic E-state index is -0.186. The highest BCUT2D eigenvalue weighted by Gasteiger charge is 2.20. The van der Waals surface area contributed by atoms with E-state index in [9.17, 15) is 9.90 Å². The van der Waals surface area contributed by atoms with Crippen LogP contribution in [0.3, 0.4) is 0 Å². The Balaban J connectivity index is 2.16. The van der Waals surface area contributed by atoms with Crippen LogP contribution in [0.2, 0.25) is 0 Å². The number of carbonyl (C=O) groups excluding carboxylic acids is 1. The first-order valence-corrected chi connectivity index (χ1v) is 4.70. The molecule has 76 valence electrons. The van der Waals surface area contributed by atoms with Gasteiger partial charge in [-0.15, -0.1) is 0 Å². The largest absolute Gasteiger partial charge is 0.392 e. The zero-order valence-corrected chi connectivity index (χ0v) is 8.36.